The highest BCUT2D eigenvalue weighted by Crippen LogP contribution is 2.63. The Bertz CT molecular complexity index is 3000. The second-order valence-electron chi connectivity index (χ2n) is 21.4. The molecular formula is C65H73F3N2O7. The highest BCUT2D eigenvalue weighted by Gasteiger charge is 2.64. The topological polar surface area (TPSA) is 78.9 Å². The first kappa shape index (κ1) is 53.7. The molecule has 10 rings (SSSR count). The van der Waals surface area contributed by atoms with Crippen molar-refractivity contribution in [3.05, 3.63) is 143 Å². The van der Waals surface area contributed by atoms with Gasteiger partial charge in [-0.25, -0.2) is 0 Å². The molecule has 2 aliphatic carbocycles. The Hall–Kier alpha value is -6.66. The molecule has 0 aromatic heterocycles. The number of nitrogens with zero attached hydrogens (tertiary/aromatic N) is 2. The Morgan fingerprint density at radius 1 is 0.714 bits per heavy atom. The minimum atomic E-state index is -4.87. The summed E-state index contributed by atoms with van der Waals surface area (Å²) in [6.07, 6.45) is 12.9. The number of esters is 1. The Morgan fingerprint density at radius 3 is 1.95 bits per heavy atom. The fourth-order valence-electron chi connectivity index (χ4n) is 13.2. The SMILES string of the molecule is CCCCCC1CCC(C(CCC)CCC(=O)Oc2ccc(N3CCN(c4cc5c6c(c7c(c5cc4OC)OC(c4ccc(OC)cc4)(c4ccc(OC)cc4)C=C7)C(OC)(C(F)(F)F)c4ccccc4-6)CC3)cc2)CC1. The fraction of sp³-hybridized carbons (Fsp3) is 0.431. The zero-order chi connectivity index (χ0) is 53.9. The molecule has 406 valence electrons. The average Bonchev–Trinajstić information content (AvgIpc) is 4.06. The van der Waals surface area contributed by atoms with E-state index in [9.17, 15) is 4.79 Å². The number of alkyl halides is 3. The van der Waals surface area contributed by atoms with Gasteiger partial charge in [0.15, 0.2) is 5.60 Å². The van der Waals surface area contributed by atoms with Crippen molar-refractivity contribution in [1.82, 2.24) is 0 Å². The van der Waals surface area contributed by atoms with E-state index in [0.717, 1.165) is 54.8 Å². The molecule has 0 amide bonds. The molecular weight excluding hydrogens is 978 g/mol. The van der Waals surface area contributed by atoms with Crippen molar-refractivity contribution in [2.24, 2.45) is 17.8 Å². The predicted molar refractivity (Wildman–Crippen MR) is 300 cm³/mol. The quantitative estimate of drug-likeness (QED) is 0.0448. The van der Waals surface area contributed by atoms with Gasteiger partial charge in [0.2, 0.25) is 5.60 Å². The number of unbranched alkanes of at least 4 members (excludes halogenated alkanes) is 2. The van der Waals surface area contributed by atoms with Gasteiger partial charge in [0, 0.05) is 78.6 Å². The zero-order valence-electron chi connectivity index (χ0n) is 45.5. The van der Waals surface area contributed by atoms with Crippen molar-refractivity contribution >= 4 is 34.2 Å². The Labute approximate surface area is 452 Å². The van der Waals surface area contributed by atoms with Crippen LogP contribution in [0.1, 0.15) is 119 Å². The maximum Gasteiger partial charge on any atom is 0.426 e. The standard InChI is InChI=1S/C65H73F3N2O7/c1-7-9-10-14-43-17-19-45(20-18-43)44(13-8-2)21-34-59(71)76-51-32-26-48(27-33-51)69-37-39-70(40-38-69)57-41-54-55(42-58(57)74-5)62-53(61-60(54)52-15-11-12-16-56(52)64(61,75-6)65(66,67)68)35-36-63(77-62,46-22-28-49(72-3)29-23-46)47-24-30-50(73-4)31-25-47/h11-12,15-16,22-33,35-36,41-45H,7-10,13-14,17-21,34,37-40H2,1-6H3. The number of methoxy groups -OCH3 is 4. The summed E-state index contributed by atoms with van der Waals surface area (Å²) in [5, 5.41) is 1.17. The van der Waals surface area contributed by atoms with E-state index >= 15 is 13.2 Å². The second-order valence-corrected chi connectivity index (χ2v) is 21.4. The number of hydrogen-bond acceptors (Lipinski definition) is 9. The van der Waals surface area contributed by atoms with Gasteiger partial charge in [-0.1, -0.05) is 120 Å². The van der Waals surface area contributed by atoms with Crippen LogP contribution in [0.3, 0.4) is 0 Å². The Morgan fingerprint density at radius 2 is 1.35 bits per heavy atom. The van der Waals surface area contributed by atoms with Gasteiger partial charge in [0.25, 0.3) is 0 Å². The first-order valence-electron chi connectivity index (χ1n) is 27.8. The van der Waals surface area contributed by atoms with Crippen LogP contribution < -0.4 is 33.5 Å². The summed E-state index contributed by atoms with van der Waals surface area (Å²) in [6, 6.07) is 33.3. The molecule has 0 bridgehead atoms. The van der Waals surface area contributed by atoms with Crippen LogP contribution in [0.5, 0.6) is 28.7 Å². The highest BCUT2D eigenvalue weighted by molar-refractivity contribution is 6.10. The van der Waals surface area contributed by atoms with Crippen LogP contribution in [-0.4, -0.2) is 66.8 Å². The summed E-state index contributed by atoms with van der Waals surface area (Å²) < 4.78 is 85.1. The lowest BCUT2D eigenvalue weighted by molar-refractivity contribution is -0.256. The summed E-state index contributed by atoms with van der Waals surface area (Å²) in [4.78, 5) is 17.8. The lowest BCUT2D eigenvalue weighted by atomic mass is 9.72. The van der Waals surface area contributed by atoms with Gasteiger partial charge < -0.3 is 38.2 Å². The summed E-state index contributed by atoms with van der Waals surface area (Å²) >= 11 is 0. The third-order valence-corrected chi connectivity index (χ3v) is 17.2. The number of fused-ring (bicyclic) bond motifs is 8. The third-order valence-electron chi connectivity index (χ3n) is 17.2. The van der Waals surface area contributed by atoms with Gasteiger partial charge >= 0.3 is 12.1 Å². The number of carbonyl (C=O) groups is 1. The number of ether oxygens (including phenoxy) is 6. The summed E-state index contributed by atoms with van der Waals surface area (Å²) in [6.45, 7) is 7.04. The molecule has 0 spiro atoms. The number of carbonyl (C=O) groups excluding carboxylic acids is 1. The molecule has 1 saturated carbocycles. The van der Waals surface area contributed by atoms with Crippen LogP contribution >= 0.6 is 0 Å². The van der Waals surface area contributed by atoms with Gasteiger partial charge in [-0.05, 0) is 120 Å². The maximum absolute atomic E-state index is 16.2. The van der Waals surface area contributed by atoms with Crippen molar-refractivity contribution in [2.45, 2.75) is 108 Å². The molecule has 12 heteroatoms. The molecule has 2 fully saturated rings. The minimum Gasteiger partial charge on any atom is -0.497 e. The van der Waals surface area contributed by atoms with E-state index < -0.39 is 17.4 Å². The highest BCUT2D eigenvalue weighted by atomic mass is 19.4. The number of halogens is 3. The molecule has 0 radical (unpaired) electrons. The predicted octanol–water partition coefficient (Wildman–Crippen LogP) is 15.5. The Balaban J connectivity index is 0.929. The molecule has 6 aromatic carbocycles. The monoisotopic (exact) mass is 1050 g/mol. The molecule has 77 heavy (non-hydrogen) atoms. The van der Waals surface area contributed by atoms with E-state index in [4.69, 9.17) is 28.4 Å². The van der Waals surface area contributed by atoms with Crippen LogP contribution in [0.25, 0.3) is 28.0 Å². The first-order chi connectivity index (χ1) is 37.4. The van der Waals surface area contributed by atoms with Crippen molar-refractivity contribution in [3.8, 4) is 39.9 Å². The molecule has 2 unspecified atom stereocenters. The molecule has 6 aromatic rings. The van der Waals surface area contributed by atoms with E-state index in [1.807, 2.05) is 91.0 Å². The number of hydrogen-bond donors (Lipinski definition) is 0. The largest absolute Gasteiger partial charge is 0.497 e. The molecule has 2 aliphatic heterocycles. The molecule has 4 aliphatic rings. The molecule has 2 heterocycles. The summed E-state index contributed by atoms with van der Waals surface area (Å²) in [7, 11) is 5.94. The van der Waals surface area contributed by atoms with Crippen molar-refractivity contribution in [1.29, 1.82) is 0 Å². The first-order valence-corrected chi connectivity index (χ1v) is 27.8. The van der Waals surface area contributed by atoms with Crippen molar-refractivity contribution in [3.63, 3.8) is 0 Å². The van der Waals surface area contributed by atoms with E-state index in [2.05, 4.69) is 23.6 Å². The van der Waals surface area contributed by atoms with Crippen LogP contribution in [0, 0.1) is 17.8 Å². The van der Waals surface area contributed by atoms with Crippen LogP contribution in [0.15, 0.2) is 115 Å². The zero-order valence-corrected chi connectivity index (χ0v) is 45.5. The lowest BCUT2D eigenvalue weighted by Crippen LogP contribution is -2.46. The van der Waals surface area contributed by atoms with Gasteiger partial charge in [-0.3, -0.25) is 4.79 Å². The molecule has 9 nitrogen and oxygen atoms in total. The number of piperazine rings is 1. The van der Waals surface area contributed by atoms with Crippen molar-refractivity contribution < 1.29 is 46.4 Å². The van der Waals surface area contributed by atoms with Crippen LogP contribution in [-0.2, 0) is 20.7 Å². The van der Waals surface area contributed by atoms with Gasteiger partial charge in [0.05, 0.1) is 27.0 Å². The van der Waals surface area contributed by atoms with E-state index in [1.165, 1.54) is 57.4 Å². The minimum absolute atomic E-state index is 0.0169. The normalized spacial score (nSPS) is 20.0. The van der Waals surface area contributed by atoms with Crippen LogP contribution in [0.4, 0.5) is 24.5 Å². The van der Waals surface area contributed by atoms with E-state index in [-0.39, 0.29) is 28.4 Å². The average molecular weight is 1050 g/mol. The van der Waals surface area contributed by atoms with Crippen molar-refractivity contribution in [2.75, 3.05) is 64.4 Å². The van der Waals surface area contributed by atoms with Gasteiger partial charge in [-0.2, -0.15) is 13.2 Å². The number of benzene rings is 6. The fourth-order valence-corrected chi connectivity index (χ4v) is 13.2. The third kappa shape index (κ3) is 10.1. The maximum atomic E-state index is 16.2. The van der Waals surface area contributed by atoms with E-state index in [0.29, 0.717) is 89.3 Å². The Kier molecular flexibility index (Phi) is 15.9. The van der Waals surface area contributed by atoms with Gasteiger partial charge in [-0.15, -0.1) is 0 Å². The number of rotatable bonds is 19. The smallest absolute Gasteiger partial charge is 0.426 e. The van der Waals surface area contributed by atoms with Gasteiger partial charge in [0.1, 0.15) is 28.7 Å². The summed E-state index contributed by atoms with van der Waals surface area (Å²) in [5.74, 6) is 4.62. The molecule has 0 N–H and O–H groups in total. The summed E-state index contributed by atoms with van der Waals surface area (Å²) in [5.41, 5.74) is 0.263. The second kappa shape index (κ2) is 22.7. The van der Waals surface area contributed by atoms with Crippen LogP contribution in [0.2, 0.25) is 0 Å². The lowest BCUT2D eigenvalue weighted by Gasteiger charge is -2.40. The molecule has 1 saturated heterocycles. The molecule has 2 atom stereocenters. The van der Waals surface area contributed by atoms with E-state index in [1.54, 1.807) is 45.6 Å². The number of anilines is 2.